The van der Waals surface area contributed by atoms with Gasteiger partial charge in [0.2, 0.25) is 17.7 Å². The van der Waals surface area contributed by atoms with Crippen molar-refractivity contribution in [1.29, 1.82) is 0 Å². The quantitative estimate of drug-likeness (QED) is 0.179. The van der Waals surface area contributed by atoms with Gasteiger partial charge in [0.05, 0.1) is 19.3 Å². The Bertz CT molecular complexity index is 753. The lowest BCUT2D eigenvalue weighted by molar-refractivity contribution is -0.141. The predicted molar refractivity (Wildman–Crippen MR) is 103 cm³/mol. The van der Waals surface area contributed by atoms with Gasteiger partial charge in [-0.2, -0.15) is 0 Å². The van der Waals surface area contributed by atoms with Gasteiger partial charge in [-0.25, -0.2) is 4.79 Å². The fraction of sp³-hybridized carbons (Fsp3) is 0.444. The molecule has 0 aliphatic rings. The van der Waals surface area contributed by atoms with Crippen molar-refractivity contribution in [2.24, 2.45) is 5.73 Å². The number of aliphatic hydroxyl groups excluding tert-OH is 2. The van der Waals surface area contributed by atoms with Crippen LogP contribution in [0.15, 0.2) is 24.3 Å². The van der Waals surface area contributed by atoms with Crippen LogP contribution in [-0.2, 0) is 25.6 Å². The average Bonchev–Trinajstić information content (AvgIpc) is 2.70. The van der Waals surface area contributed by atoms with Crippen LogP contribution in [0, 0.1) is 0 Å². The van der Waals surface area contributed by atoms with E-state index in [9.17, 15) is 34.5 Å². The van der Waals surface area contributed by atoms with Crippen molar-refractivity contribution >= 4 is 23.7 Å². The fourth-order valence-electron chi connectivity index (χ4n) is 2.34. The Labute approximate surface area is 172 Å². The van der Waals surface area contributed by atoms with Crippen molar-refractivity contribution in [2.45, 2.75) is 37.6 Å². The number of carboxylic acids is 1. The van der Waals surface area contributed by atoms with E-state index in [-0.39, 0.29) is 12.2 Å². The van der Waals surface area contributed by atoms with E-state index >= 15 is 0 Å². The number of aliphatic hydroxyl groups is 2. The molecular weight excluding hydrogens is 400 g/mol. The summed E-state index contributed by atoms with van der Waals surface area (Å²) < 4.78 is 0. The summed E-state index contributed by atoms with van der Waals surface area (Å²) in [4.78, 5) is 47.3. The molecule has 0 spiro atoms. The highest BCUT2D eigenvalue weighted by molar-refractivity contribution is 5.93. The van der Waals surface area contributed by atoms with Gasteiger partial charge in [-0.3, -0.25) is 14.4 Å². The lowest BCUT2D eigenvalue weighted by Crippen LogP contribution is -2.57. The zero-order valence-corrected chi connectivity index (χ0v) is 16.2. The molecule has 1 aromatic rings. The lowest BCUT2D eigenvalue weighted by atomic mass is 10.1. The number of phenolic OH excluding ortho intramolecular Hbond substituents is 1. The summed E-state index contributed by atoms with van der Waals surface area (Å²) in [7, 11) is 0. The summed E-state index contributed by atoms with van der Waals surface area (Å²) in [6, 6.07) is 1.76. The molecule has 0 radical (unpaired) electrons. The van der Waals surface area contributed by atoms with Crippen LogP contribution in [-0.4, -0.2) is 81.5 Å². The Morgan fingerprint density at radius 3 is 2.17 bits per heavy atom. The van der Waals surface area contributed by atoms with E-state index in [1.807, 2.05) is 0 Å². The Kier molecular flexibility index (Phi) is 9.68. The molecule has 0 aromatic heterocycles. The molecule has 12 heteroatoms. The third kappa shape index (κ3) is 8.03. The first kappa shape index (κ1) is 24.8. The molecule has 0 aliphatic heterocycles. The maximum Gasteiger partial charge on any atom is 0.326 e. The molecule has 0 fully saturated rings. The zero-order chi connectivity index (χ0) is 22.8. The Hall–Kier alpha value is -3.22. The minimum Gasteiger partial charge on any atom is -0.508 e. The van der Waals surface area contributed by atoms with E-state index < -0.39 is 61.1 Å². The van der Waals surface area contributed by atoms with Crippen LogP contribution in [0.25, 0.3) is 0 Å². The summed E-state index contributed by atoms with van der Waals surface area (Å²) in [5, 5.41) is 43.7. The van der Waals surface area contributed by atoms with Crippen LogP contribution in [0.2, 0.25) is 0 Å². The first-order valence-electron chi connectivity index (χ1n) is 8.97. The van der Waals surface area contributed by atoms with E-state index in [4.69, 9.17) is 10.8 Å². The minimum absolute atomic E-state index is 0.0112. The Morgan fingerprint density at radius 2 is 1.67 bits per heavy atom. The molecule has 4 unspecified atom stereocenters. The maximum absolute atomic E-state index is 12.2. The number of hydrogen-bond donors (Lipinski definition) is 8. The van der Waals surface area contributed by atoms with Crippen molar-refractivity contribution in [2.75, 3.05) is 13.2 Å². The lowest BCUT2D eigenvalue weighted by Gasteiger charge is -2.22. The number of aromatic hydroxyl groups is 1. The summed E-state index contributed by atoms with van der Waals surface area (Å²) in [6.07, 6.45) is -1.38. The predicted octanol–water partition coefficient (Wildman–Crippen LogP) is -3.19. The molecule has 12 nitrogen and oxygen atoms in total. The molecule has 1 aromatic carbocycles. The molecule has 1 rings (SSSR count). The van der Waals surface area contributed by atoms with Crippen molar-refractivity contribution in [1.82, 2.24) is 16.0 Å². The van der Waals surface area contributed by atoms with E-state index in [0.29, 0.717) is 5.56 Å². The summed E-state index contributed by atoms with van der Waals surface area (Å²) in [6.45, 7) is -0.0451. The SMILES string of the molecule is CC(O)C(NC(=O)C(N)CO)C(=O)NCC(=O)NC(Cc1ccc(O)cc1)C(=O)O. The highest BCUT2D eigenvalue weighted by Crippen LogP contribution is 2.11. The number of nitrogens with two attached hydrogens (primary N) is 1. The molecule has 0 aliphatic carbocycles. The number of amides is 3. The third-order valence-electron chi connectivity index (χ3n) is 4.03. The second kappa shape index (κ2) is 11.7. The topological polar surface area (TPSA) is 211 Å². The second-order valence-electron chi connectivity index (χ2n) is 6.56. The molecule has 9 N–H and O–H groups in total. The summed E-state index contributed by atoms with van der Waals surface area (Å²) in [5.41, 5.74) is 5.89. The van der Waals surface area contributed by atoms with Crippen LogP contribution in [0.1, 0.15) is 12.5 Å². The first-order chi connectivity index (χ1) is 14.0. The summed E-state index contributed by atoms with van der Waals surface area (Å²) in [5.74, 6) is -3.86. The monoisotopic (exact) mass is 426 g/mol. The van der Waals surface area contributed by atoms with Crippen molar-refractivity contribution < 1.29 is 39.6 Å². The molecule has 0 saturated heterocycles. The second-order valence-corrected chi connectivity index (χ2v) is 6.56. The number of carbonyl (C=O) groups excluding carboxylic acids is 3. The van der Waals surface area contributed by atoms with Crippen molar-refractivity contribution in [3.63, 3.8) is 0 Å². The standard InChI is InChI=1S/C18H26N4O8/c1-9(24)15(22-16(27)12(19)8-23)17(28)20-7-14(26)21-13(18(29)30)6-10-2-4-11(25)5-3-10/h2-5,9,12-13,15,23-25H,6-8,19H2,1H3,(H,20,28)(H,21,26)(H,22,27)(H,29,30). The van der Waals surface area contributed by atoms with Gasteiger partial charge < -0.3 is 42.1 Å². The van der Waals surface area contributed by atoms with Gasteiger partial charge in [0.15, 0.2) is 0 Å². The number of phenols is 1. The van der Waals surface area contributed by atoms with Crippen LogP contribution in [0.4, 0.5) is 0 Å². The van der Waals surface area contributed by atoms with Gasteiger partial charge >= 0.3 is 5.97 Å². The zero-order valence-electron chi connectivity index (χ0n) is 16.2. The number of hydrogen-bond acceptors (Lipinski definition) is 8. The fourth-order valence-corrected chi connectivity index (χ4v) is 2.34. The first-order valence-corrected chi connectivity index (χ1v) is 8.97. The van der Waals surface area contributed by atoms with Gasteiger partial charge in [0, 0.05) is 6.42 Å². The molecule has 4 atom stereocenters. The van der Waals surface area contributed by atoms with Crippen LogP contribution in [0.3, 0.4) is 0 Å². The van der Waals surface area contributed by atoms with Gasteiger partial charge in [-0.05, 0) is 24.6 Å². The number of benzene rings is 1. The Morgan fingerprint density at radius 1 is 1.07 bits per heavy atom. The highest BCUT2D eigenvalue weighted by atomic mass is 16.4. The minimum atomic E-state index is -1.44. The van der Waals surface area contributed by atoms with E-state index in [1.165, 1.54) is 31.2 Å². The number of aliphatic carboxylic acids is 1. The van der Waals surface area contributed by atoms with Gasteiger partial charge in [0.1, 0.15) is 23.9 Å². The van der Waals surface area contributed by atoms with E-state index in [1.54, 1.807) is 0 Å². The van der Waals surface area contributed by atoms with Gasteiger partial charge in [-0.15, -0.1) is 0 Å². The molecule has 166 valence electrons. The molecular formula is C18H26N4O8. The van der Waals surface area contributed by atoms with Crippen molar-refractivity contribution in [3.05, 3.63) is 29.8 Å². The number of nitrogens with one attached hydrogen (secondary N) is 3. The van der Waals surface area contributed by atoms with E-state index in [2.05, 4.69) is 16.0 Å². The van der Waals surface area contributed by atoms with Gasteiger partial charge in [0.25, 0.3) is 0 Å². The normalized spacial score (nSPS) is 14.7. The average molecular weight is 426 g/mol. The number of carboxylic acid groups (broad SMARTS) is 1. The van der Waals surface area contributed by atoms with Crippen molar-refractivity contribution in [3.8, 4) is 5.75 Å². The Balaban J connectivity index is 2.64. The smallest absolute Gasteiger partial charge is 0.326 e. The number of rotatable bonds is 11. The summed E-state index contributed by atoms with van der Waals surface area (Å²) >= 11 is 0. The maximum atomic E-state index is 12.2. The van der Waals surface area contributed by atoms with Crippen LogP contribution < -0.4 is 21.7 Å². The van der Waals surface area contributed by atoms with E-state index in [0.717, 1.165) is 0 Å². The highest BCUT2D eigenvalue weighted by Gasteiger charge is 2.28. The molecule has 3 amide bonds. The molecule has 30 heavy (non-hydrogen) atoms. The number of carbonyl (C=O) groups is 4. The molecule has 0 heterocycles. The van der Waals surface area contributed by atoms with Crippen LogP contribution >= 0.6 is 0 Å². The van der Waals surface area contributed by atoms with Gasteiger partial charge in [-0.1, -0.05) is 12.1 Å². The largest absolute Gasteiger partial charge is 0.508 e. The third-order valence-corrected chi connectivity index (χ3v) is 4.03. The molecule has 0 saturated carbocycles. The molecule has 0 bridgehead atoms. The van der Waals surface area contributed by atoms with Crippen LogP contribution in [0.5, 0.6) is 5.75 Å².